The van der Waals surface area contributed by atoms with Gasteiger partial charge in [-0.1, -0.05) is 36.4 Å². The molecule has 132 valence electrons. The van der Waals surface area contributed by atoms with Crippen molar-refractivity contribution in [2.75, 3.05) is 13.1 Å². The van der Waals surface area contributed by atoms with Crippen molar-refractivity contribution in [1.82, 2.24) is 10.3 Å². The molecule has 0 radical (unpaired) electrons. The summed E-state index contributed by atoms with van der Waals surface area (Å²) in [5, 5.41) is 3.37. The van der Waals surface area contributed by atoms with Crippen molar-refractivity contribution < 1.29 is 4.74 Å². The van der Waals surface area contributed by atoms with Gasteiger partial charge in [-0.2, -0.15) is 0 Å². The molecule has 1 saturated heterocycles. The van der Waals surface area contributed by atoms with Crippen molar-refractivity contribution in [3.8, 4) is 28.1 Å². The molecule has 0 bridgehead atoms. The molecule has 3 heteroatoms. The molecule has 0 saturated carbocycles. The predicted octanol–water partition coefficient (Wildman–Crippen LogP) is 4.85. The zero-order valence-corrected chi connectivity index (χ0v) is 15.1. The first-order valence-electron chi connectivity index (χ1n) is 9.30. The molecular weight excluding hydrogens is 320 g/mol. The topological polar surface area (TPSA) is 34.1 Å². The molecule has 2 aromatic carbocycles. The van der Waals surface area contributed by atoms with Gasteiger partial charge in [-0.15, -0.1) is 0 Å². The van der Waals surface area contributed by atoms with Gasteiger partial charge in [0.25, 0.3) is 0 Å². The van der Waals surface area contributed by atoms with E-state index in [1.807, 2.05) is 18.3 Å². The van der Waals surface area contributed by atoms with E-state index >= 15 is 0 Å². The lowest BCUT2D eigenvalue weighted by atomic mass is 9.95. The van der Waals surface area contributed by atoms with Crippen LogP contribution in [0, 0.1) is 6.92 Å². The number of hydrogen-bond acceptors (Lipinski definition) is 3. The Bertz CT molecular complexity index is 853. The summed E-state index contributed by atoms with van der Waals surface area (Å²) in [6.07, 6.45) is 4.32. The van der Waals surface area contributed by atoms with Crippen LogP contribution in [0.5, 0.6) is 5.75 Å². The highest BCUT2D eigenvalue weighted by Crippen LogP contribution is 2.32. The minimum atomic E-state index is 0.330. The predicted molar refractivity (Wildman–Crippen MR) is 106 cm³/mol. The van der Waals surface area contributed by atoms with Crippen LogP contribution in [-0.4, -0.2) is 24.2 Å². The molecule has 26 heavy (non-hydrogen) atoms. The lowest BCUT2D eigenvalue weighted by Gasteiger charge is -2.24. The summed E-state index contributed by atoms with van der Waals surface area (Å²) < 4.78 is 6.12. The number of rotatable bonds is 4. The molecule has 0 atom stereocenters. The van der Waals surface area contributed by atoms with E-state index in [2.05, 4.69) is 65.8 Å². The van der Waals surface area contributed by atoms with Gasteiger partial charge in [0.05, 0.1) is 5.69 Å². The number of piperidine rings is 1. The zero-order valence-electron chi connectivity index (χ0n) is 15.1. The van der Waals surface area contributed by atoms with Crippen LogP contribution in [0.25, 0.3) is 22.4 Å². The Labute approximate surface area is 155 Å². The minimum absolute atomic E-state index is 0.330. The van der Waals surface area contributed by atoms with Crippen LogP contribution in [0.1, 0.15) is 18.4 Å². The molecule has 3 nitrogen and oxygen atoms in total. The summed E-state index contributed by atoms with van der Waals surface area (Å²) in [4.78, 5) is 4.50. The van der Waals surface area contributed by atoms with Crippen molar-refractivity contribution >= 4 is 0 Å². The van der Waals surface area contributed by atoms with Gasteiger partial charge in [0.2, 0.25) is 0 Å². The lowest BCUT2D eigenvalue weighted by molar-refractivity contribution is 0.162. The van der Waals surface area contributed by atoms with Crippen molar-refractivity contribution in [3.63, 3.8) is 0 Å². The molecule has 0 unspecified atom stereocenters. The van der Waals surface area contributed by atoms with Crippen LogP contribution in [0.15, 0.2) is 66.9 Å². The van der Waals surface area contributed by atoms with Crippen LogP contribution in [0.4, 0.5) is 0 Å². The summed E-state index contributed by atoms with van der Waals surface area (Å²) >= 11 is 0. The van der Waals surface area contributed by atoms with Gasteiger partial charge in [0.1, 0.15) is 11.9 Å². The Balaban J connectivity index is 1.58. The van der Waals surface area contributed by atoms with Crippen molar-refractivity contribution in [2.24, 2.45) is 0 Å². The van der Waals surface area contributed by atoms with Crippen LogP contribution < -0.4 is 10.1 Å². The number of nitrogens with one attached hydrogen (secondary N) is 1. The van der Waals surface area contributed by atoms with Crippen molar-refractivity contribution in [1.29, 1.82) is 0 Å². The minimum Gasteiger partial charge on any atom is -0.490 e. The van der Waals surface area contributed by atoms with Crippen LogP contribution in [-0.2, 0) is 0 Å². The van der Waals surface area contributed by atoms with E-state index in [0.717, 1.165) is 37.4 Å². The Morgan fingerprint density at radius 3 is 2.38 bits per heavy atom. The second-order valence-electron chi connectivity index (χ2n) is 6.78. The summed E-state index contributed by atoms with van der Waals surface area (Å²) in [6.45, 7) is 4.25. The molecule has 2 heterocycles. The second kappa shape index (κ2) is 7.71. The number of aromatic nitrogens is 1. The van der Waals surface area contributed by atoms with Gasteiger partial charge in [0, 0.05) is 11.8 Å². The fourth-order valence-electron chi connectivity index (χ4n) is 3.57. The zero-order chi connectivity index (χ0) is 17.8. The molecular formula is C23H24N2O. The molecule has 1 aromatic heterocycles. The Kier molecular flexibility index (Phi) is 4.98. The molecule has 4 rings (SSSR count). The third-order valence-electron chi connectivity index (χ3n) is 5.03. The number of ether oxygens (including phenoxy) is 1. The third kappa shape index (κ3) is 3.63. The maximum absolute atomic E-state index is 6.12. The van der Waals surface area contributed by atoms with Gasteiger partial charge in [0.15, 0.2) is 0 Å². The van der Waals surface area contributed by atoms with E-state index < -0.39 is 0 Å². The first kappa shape index (κ1) is 16.8. The van der Waals surface area contributed by atoms with Gasteiger partial charge in [-0.3, -0.25) is 4.98 Å². The second-order valence-corrected chi connectivity index (χ2v) is 6.78. The molecule has 0 amide bonds. The first-order chi connectivity index (χ1) is 12.8. The van der Waals surface area contributed by atoms with Gasteiger partial charge >= 0.3 is 0 Å². The van der Waals surface area contributed by atoms with Gasteiger partial charge in [-0.05, 0) is 73.8 Å². The number of pyridine rings is 1. The molecule has 1 N–H and O–H groups in total. The Hall–Kier alpha value is -2.65. The average Bonchev–Trinajstić information content (AvgIpc) is 2.70. The van der Waals surface area contributed by atoms with E-state index in [9.17, 15) is 0 Å². The third-order valence-corrected chi connectivity index (χ3v) is 5.03. The standard InChI is InChI=1S/C23H24N2O/c1-17-21(5-4-6-22(17)23-7-2-3-14-25-23)18-8-10-19(11-9-18)26-20-12-15-24-16-13-20/h2-11,14,20,24H,12-13,15-16H2,1H3. The van der Waals surface area contributed by atoms with E-state index in [4.69, 9.17) is 4.74 Å². The molecule has 1 aliphatic heterocycles. The lowest BCUT2D eigenvalue weighted by Crippen LogP contribution is -2.34. The van der Waals surface area contributed by atoms with Crippen LogP contribution in [0.3, 0.4) is 0 Å². The van der Waals surface area contributed by atoms with Crippen LogP contribution in [0.2, 0.25) is 0 Å². The highest BCUT2D eigenvalue weighted by molar-refractivity contribution is 5.77. The fourth-order valence-corrected chi connectivity index (χ4v) is 3.57. The quantitative estimate of drug-likeness (QED) is 0.734. The van der Waals surface area contributed by atoms with Crippen molar-refractivity contribution in [3.05, 3.63) is 72.4 Å². The van der Waals surface area contributed by atoms with Crippen LogP contribution >= 0.6 is 0 Å². The summed E-state index contributed by atoms with van der Waals surface area (Å²) in [7, 11) is 0. The largest absolute Gasteiger partial charge is 0.490 e. The van der Waals surface area contributed by atoms with Crippen molar-refractivity contribution in [2.45, 2.75) is 25.9 Å². The maximum atomic E-state index is 6.12. The van der Waals surface area contributed by atoms with Gasteiger partial charge < -0.3 is 10.1 Å². The summed E-state index contributed by atoms with van der Waals surface area (Å²) in [5.41, 5.74) is 5.88. The maximum Gasteiger partial charge on any atom is 0.119 e. The van der Waals surface area contributed by atoms with E-state index in [0.29, 0.717) is 6.10 Å². The molecule has 0 aliphatic carbocycles. The molecule has 1 fully saturated rings. The SMILES string of the molecule is Cc1c(-c2ccc(OC3CCNCC3)cc2)cccc1-c1ccccn1. The first-order valence-corrected chi connectivity index (χ1v) is 9.30. The monoisotopic (exact) mass is 344 g/mol. The van der Waals surface area contributed by atoms with Gasteiger partial charge in [-0.25, -0.2) is 0 Å². The number of nitrogens with zero attached hydrogens (tertiary/aromatic N) is 1. The molecule has 3 aromatic rings. The highest BCUT2D eigenvalue weighted by Gasteiger charge is 2.14. The Morgan fingerprint density at radius 2 is 1.65 bits per heavy atom. The summed E-state index contributed by atoms with van der Waals surface area (Å²) in [5.74, 6) is 0.958. The number of benzene rings is 2. The smallest absolute Gasteiger partial charge is 0.119 e. The van der Waals surface area contributed by atoms with E-state index in [1.165, 1.54) is 22.3 Å². The average molecular weight is 344 g/mol. The van der Waals surface area contributed by atoms with E-state index in [1.54, 1.807) is 0 Å². The normalized spacial score (nSPS) is 15.0. The fraction of sp³-hybridized carbons (Fsp3) is 0.261. The Morgan fingerprint density at radius 1 is 0.885 bits per heavy atom. The molecule has 1 aliphatic rings. The number of hydrogen-bond donors (Lipinski definition) is 1. The summed E-state index contributed by atoms with van der Waals surface area (Å²) in [6, 6.07) is 20.9. The molecule has 0 spiro atoms. The highest BCUT2D eigenvalue weighted by atomic mass is 16.5. The van der Waals surface area contributed by atoms with E-state index in [-0.39, 0.29) is 0 Å².